The molecule has 0 aliphatic rings. The molecular formula is C12H26N2O3. The summed E-state index contributed by atoms with van der Waals surface area (Å²) < 4.78 is 10.2. The van der Waals surface area contributed by atoms with Crippen LogP contribution in [-0.4, -0.2) is 57.4 Å². The van der Waals surface area contributed by atoms with Crippen LogP contribution in [0, 0.1) is 5.92 Å². The monoisotopic (exact) mass is 246 g/mol. The van der Waals surface area contributed by atoms with Crippen molar-refractivity contribution in [2.45, 2.75) is 26.4 Å². The zero-order chi connectivity index (χ0) is 13.3. The lowest BCUT2D eigenvalue weighted by molar-refractivity contribution is -0.145. The lowest BCUT2D eigenvalue weighted by atomic mass is 10.1. The van der Waals surface area contributed by atoms with Crippen LogP contribution in [-0.2, 0) is 14.3 Å². The minimum Gasteiger partial charge on any atom is -0.469 e. The molecule has 0 aromatic rings. The van der Waals surface area contributed by atoms with Crippen LogP contribution in [0.3, 0.4) is 0 Å². The van der Waals surface area contributed by atoms with Crippen molar-refractivity contribution in [2.75, 3.05) is 40.4 Å². The summed E-state index contributed by atoms with van der Waals surface area (Å²) in [7, 11) is 3.40. The molecular weight excluding hydrogens is 220 g/mol. The number of hydrogen-bond donors (Lipinski definition) is 1. The van der Waals surface area contributed by atoms with Crippen LogP contribution in [0.15, 0.2) is 0 Å². The van der Waals surface area contributed by atoms with Gasteiger partial charge in [-0.1, -0.05) is 6.92 Å². The molecule has 0 saturated carbocycles. The van der Waals surface area contributed by atoms with E-state index in [1.807, 2.05) is 20.9 Å². The van der Waals surface area contributed by atoms with Gasteiger partial charge < -0.3 is 20.1 Å². The Morgan fingerprint density at radius 3 is 2.59 bits per heavy atom. The van der Waals surface area contributed by atoms with Crippen LogP contribution >= 0.6 is 0 Å². The van der Waals surface area contributed by atoms with Crippen molar-refractivity contribution in [3.63, 3.8) is 0 Å². The molecule has 0 bridgehead atoms. The number of nitrogens with zero attached hydrogens (tertiary/aromatic N) is 1. The van der Waals surface area contributed by atoms with Crippen LogP contribution < -0.4 is 5.73 Å². The van der Waals surface area contributed by atoms with Crippen molar-refractivity contribution in [3.05, 3.63) is 0 Å². The number of rotatable bonds is 9. The summed E-state index contributed by atoms with van der Waals surface area (Å²) in [5, 5.41) is 0. The molecule has 0 aromatic carbocycles. The molecule has 0 fully saturated rings. The van der Waals surface area contributed by atoms with E-state index in [-0.39, 0.29) is 18.0 Å². The zero-order valence-corrected chi connectivity index (χ0v) is 11.4. The fraction of sp³-hybridized carbons (Fsp3) is 0.917. The molecule has 5 heteroatoms. The molecule has 0 radical (unpaired) electrons. The summed E-state index contributed by atoms with van der Waals surface area (Å²) in [6.45, 7) is 6.61. The Bertz CT molecular complexity index is 212. The van der Waals surface area contributed by atoms with Crippen LogP contribution in [0.2, 0.25) is 0 Å². The van der Waals surface area contributed by atoms with Gasteiger partial charge in [-0.25, -0.2) is 0 Å². The van der Waals surface area contributed by atoms with Crippen molar-refractivity contribution in [3.8, 4) is 0 Å². The predicted octanol–water partition coefficient (Wildman–Crippen LogP) is 0.481. The topological polar surface area (TPSA) is 64.8 Å². The largest absolute Gasteiger partial charge is 0.469 e. The van der Waals surface area contributed by atoms with E-state index in [1.165, 1.54) is 7.11 Å². The Morgan fingerprint density at radius 1 is 1.47 bits per heavy atom. The summed E-state index contributed by atoms with van der Waals surface area (Å²) in [5.74, 6) is -0.273. The molecule has 0 heterocycles. The first kappa shape index (κ1) is 16.4. The number of ether oxygens (including phenoxy) is 2. The molecule has 0 saturated heterocycles. The van der Waals surface area contributed by atoms with Gasteiger partial charge in [0.25, 0.3) is 0 Å². The van der Waals surface area contributed by atoms with E-state index in [0.29, 0.717) is 19.7 Å². The second kappa shape index (κ2) is 9.39. The molecule has 0 amide bonds. The van der Waals surface area contributed by atoms with Crippen molar-refractivity contribution < 1.29 is 14.3 Å². The summed E-state index contributed by atoms with van der Waals surface area (Å²) in [6.07, 6.45) is 0.991. The van der Waals surface area contributed by atoms with E-state index in [2.05, 4.69) is 9.64 Å². The highest BCUT2D eigenvalue weighted by Crippen LogP contribution is 2.03. The Morgan fingerprint density at radius 2 is 2.12 bits per heavy atom. The molecule has 2 atom stereocenters. The Labute approximate surface area is 104 Å². The number of hydrogen-bond acceptors (Lipinski definition) is 5. The zero-order valence-electron chi connectivity index (χ0n) is 11.4. The highest BCUT2D eigenvalue weighted by atomic mass is 16.5. The molecule has 0 rings (SSSR count). The average Bonchev–Trinajstić information content (AvgIpc) is 2.33. The maximum absolute atomic E-state index is 11.3. The van der Waals surface area contributed by atoms with Gasteiger partial charge in [0, 0.05) is 26.2 Å². The molecule has 0 aliphatic carbocycles. The van der Waals surface area contributed by atoms with Gasteiger partial charge in [-0.05, 0) is 20.4 Å². The van der Waals surface area contributed by atoms with Crippen molar-refractivity contribution in [1.29, 1.82) is 0 Å². The molecule has 5 nitrogen and oxygen atoms in total. The highest BCUT2D eigenvalue weighted by Gasteiger charge is 2.16. The minimum atomic E-state index is -0.169. The number of methoxy groups -OCH3 is 1. The van der Waals surface area contributed by atoms with E-state index >= 15 is 0 Å². The average molecular weight is 246 g/mol. The van der Waals surface area contributed by atoms with Crippen molar-refractivity contribution in [1.82, 2.24) is 4.90 Å². The van der Waals surface area contributed by atoms with Crippen LogP contribution in [0.5, 0.6) is 0 Å². The standard InChI is InChI=1S/C12H26N2O3/c1-5-17-11(8-13)6-7-14(3)9-10(2)12(15)16-4/h10-11H,5-9,13H2,1-4H3. The number of nitrogens with two attached hydrogens (primary N) is 1. The first-order valence-corrected chi connectivity index (χ1v) is 6.13. The Balaban J connectivity index is 3.85. The van der Waals surface area contributed by atoms with Gasteiger partial charge in [-0.15, -0.1) is 0 Å². The van der Waals surface area contributed by atoms with Crippen molar-refractivity contribution in [2.24, 2.45) is 11.7 Å². The third-order valence-corrected chi connectivity index (χ3v) is 2.69. The quantitative estimate of drug-likeness (QED) is 0.600. The van der Waals surface area contributed by atoms with Gasteiger partial charge in [-0.2, -0.15) is 0 Å². The molecule has 0 aromatic heterocycles. The summed E-state index contributed by atoms with van der Waals surface area (Å²) >= 11 is 0. The maximum atomic E-state index is 11.3. The van der Waals surface area contributed by atoms with E-state index in [0.717, 1.165) is 13.0 Å². The molecule has 17 heavy (non-hydrogen) atoms. The third kappa shape index (κ3) is 7.31. The predicted molar refractivity (Wildman–Crippen MR) is 67.8 cm³/mol. The molecule has 0 aliphatic heterocycles. The van der Waals surface area contributed by atoms with E-state index in [4.69, 9.17) is 10.5 Å². The summed E-state index contributed by atoms with van der Waals surface area (Å²) in [4.78, 5) is 13.4. The highest BCUT2D eigenvalue weighted by molar-refractivity contribution is 5.71. The van der Waals surface area contributed by atoms with Gasteiger partial charge in [0.2, 0.25) is 0 Å². The van der Waals surface area contributed by atoms with Gasteiger partial charge >= 0.3 is 5.97 Å². The Kier molecular flexibility index (Phi) is 9.03. The third-order valence-electron chi connectivity index (χ3n) is 2.69. The van der Waals surface area contributed by atoms with Crippen LogP contribution in [0.1, 0.15) is 20.3 Å². The normalized spacial score (nSPS) is 14.7. The lowest BCUT2D eigenvalue weighted by Crippen LogP contribution is -2.33. The van der Waals surface area contributed by atoms with E-state index < -0.39 is 0 Å². The van der Waals surface area contributed by atoms with E-state index in [1.54, 1.807) is 0 Å². The van der Waals surface area contributed by atoms with Crippen molar-refractivity contribution >= 4 is 5.97 Å². The smallest absolute Gasteiger partial charge is 0.309 e. The Hall–Kier alpha value is -0.650. The minimum absolute atomic E-state index is 0.103. The first-order chi connectivity index (χ1) is 8.04. The second-order valence-electron chi connectivity index (χ2n) is 4.29. The SMILES string of the molecule is CCOC(CN)CCN(C)CC(C)C(=O)OC. The summed E-state index contributed by atoms with van der Waals surface area (Å²) in [6, 6.07) is 0. The molecule has 2 N–H and O–H groups in total. The molecule has 0 spiro atoms. The second-order valence-corrected chi connectivity index (χ2v) is 4.29. The van der Waals surface area contributed by atoms with Crippen LogP contribution in [0.25, 0.3) is 0 Å². The first-order valence-electron chi connectivity index (χ1n) is 6.13. The van der Waals surface area contributed by atoms with Gasteiger partial charge in [0.15, 0.2) is 0 Å². The van der Waals surface area contributed by atoms with Crippen LogP contribution in [0.4, 0.5) is 0 Å². The molecule has 2 unspecified atom stereocenters. The number of esters is 1. The fourth-order valence-corrected chi connectivity index (χ4v) is 1.70. The van der Waals surface area contributed by atoms with Gasteiger partial charge in [0.05, 0.1) is 19.1 Å². The number of carbonyl (C=O) groups excluding carboxylic acids is 1. The number of carbonyl (C=O) groups is 1. The van der Waals surface area contributed by atoms with Gasteiger partial charge in [-0.3, -0.25) is 4.79 Å². The molecule has 102 valence electrons. The maximum Gasteiger partial charge on any atom is 0.309 e. The van der Waals surface area contributed by atoms with E-state index in [9.17, 15) is 4.79 Å². The van der Waals surface area contributed by atoms with Gasteiger partial charge in [0.1, 0.15) is 0 Å². The summed E-state index contributed by atoms with van der Waals surface area (Å²) in [5.41, 5.74) is 5.60. The fourth-order valence-electron chi connectivity index (χ4n) is 1.70. The lowest BCUT2D eigenvalue weighted by Gasteiger charge is -2.22.